The van der Waals surface area contributed by atoms with E-state index in [9.17, 15) is 9.59 Å². The molecule has 0 aliphatic carbocycles. The summed E-state index contributed by atoms with van der Waals surface area (Å²) in [5, 5.41) is 0. The number of aryl methyl sites for hydroxylation is 1. The summed E-state index contributed by atoms with van der Waals surface area (Å²) in [7, 11) is 1.65. The highest BCUT2D eigenvalue weighted by molar-refractivity contribution is 6.12. The first-order valence-corrected chi connectivity index (χ1v) is 16.0. The number of nitrogens with two attached hydrogens (primary N) is 1. The van der Waals surface area contributed by atoms with Gasteiger partial charge in [-0.05, 0) is 90.0 Å². The average Bonchev–Trinajstić information content (AvgIpc) is 3.59. The van der Waals surface area contributed by atoms with Crippen LogP contribution in [0.3, 0.4) is 0 Å². The third-order valence-corrected chi connectivity index (χ3v) is 9.05. The summed E-state index contributed by atoms with van der Waals surface area (Å²) < 4.78 is 12.0. The van der Waals surface area contributed by atoms with Gasteiger partial charge in [0.05, 0.1) is 25.4 Å². The maximum Gasteiger partial charge on any atom is 0.258 e. The third kappa shape index (κ3) is 6.04. The molecule has 7 nitrogen and oxygen atoms in total. The molecule has 0 spiro atoms. The Balaban J connectivity index is 1.16. The summed E-state index contributed by atoms with van der Waals surface area (Å²) in [6.45, 7) is 3.46. The Bertz CT molecular complexity index is 1960. The lowest BCUT2D eigenvalue weighted by Crippen LogP contribution is -2.24. The Morgan fingerprint density at radius 1 is 0.766 bits per heavy atom. The second kappa shape index (κ2) is 12.7. The van der Waals surface area contributed by atoms with E-state index in [1.54, 1.807) is 18.1 Å². The first-order valence-electron chi connectivity index (χ1n) is 16.0. The van der Waals surface area contributed by atoms with E-state index in [1.807, 2.05) is 83.8 Å². The molecule has 2 aliphatic rings. The lowest BCUT2D eigenvalue weighted by Gasteiger charge is -2.24. The van der Waals surface area contributed by atoms with Crippen molar-refractivity contribution in [3.05, 3.63) is 143 Å². The van der Waals surface area contributed by atoms with Crippen LogP contribution in [0.15, 0.2) is 109 Å². The fourth-order valence-corrected chi connectivity index (χ4v) is 6.55. The van der Waals surface area contributed by atoms with Gasteiger partial charge in [0.25, 0.3) is 11.8 Å². The van der Waals surface area contributed by atoms with Crippen molar-refractivity contribution in [3.63, 3.8) is 0 Å². The van der Waals surface area contributed by atoms with Crippen molar-refractivity contribution in [3.8, 4) is 22.6 Å². The van der Waals surface area contributed by atoms with Crippen molar-refractivity contribution in [2.45, 2.75) is 45.5 Å². The molecule has 2 aliphatic heterocycles. The van der Waals surface area contributed by atoms with Gasteiger partial charge in [0.1, 0.15) is 11.5 Å². The number of carbonyl (C=O) groups is 2. The molecule has 0 bridgehead atoms. The van der Waals surface area contributed by atoms with E-state index in [0.717, 1.165) is 57.8 Å². The minimum Gasteiger partial charge on any atom is -0.497 e. The van der Waals surface area contributed by atoms with Crippen LogP contribution in [0.5, 0.6) is 11.5 Å². The van der Waals surface area contributed by atoms with Crippen molar-refractivity contribution < 1.29 is 19.1 Å². The van der Waals surface area contributed by atoms with Gasteiger partial charge in [-0.15, -0.1) is 0 Å². The number of hydrogen-bond donors (Lipinski definition) is 1. The van der Waals surface area contributed by atoms with E-state index in [-0.39, 0.29) is 17.9 Å². The maximum absolute atomic E-state index is 14.1. The van der Waals surface area contributed by atoms with Gasteiger partial charge in [-0.3, -0.25) is 9.59 Å². The van der Waals surface area contributed by atoms with Crippen LogP contribution in [-0.4, -0.2) is 29.9 Å². The molecule has 2 amide bonds. The predicted molar refractivity (Wildman–Crippen MR) is 185 cm³/mol. The zero-order valence-corrected chi connectivity index (χ0v) is 26.6. The van der Waals surface area contributed by atoms with Crippen LogP contribution in [0.2, 0.25) is 0 Å². The number of nitrogen functional groups attached to an aromatic ring is 1. The van der Waals surface area contributed by atoms with E-state index in [1.165, 1.54) is 5.56 Å². The zero-order chi connectivity index (χ0) is 32.5. The lowest BCUT2D eigenvalue weighted by molar-refractivity contribution is 0.0766. The van der Waals surface area contributed by atoms with Crippen molar-refractivity contribution in [1.29, 1.82) is 0 Å². The van der Waals surface area contributed by atoms with Gasteiger partial charge in [-0.25, -0.2) is 0 Å². The molecule has 0 radical (unpaired) electrons. The highest BCUT2D eigenvalue weighted by Crippen LogP contribution is 2.43. The van der Waals surface area contributed by atoms with Gasteiger partial charge in [0.2, 0.25) is 0 Å². The van der Waals surface area contributed by atoms with Crippen molar-refractivity contribution >= 4 is 23.2 Å². The summed E-state index contributed by atoms with van der Waals surface area (Å²) >= 11 is 0. The summed E-state index contributed by atoms with van der Waals surface area (Å²) in [6.07, 6.45) is 1.71. The van der Waals surface area contributed by atoms with Crippen molar-refractivity contribution in [1.82, 2.24) is 4.90 Å². The highest BCUT2D eigenvalue weighted by atomic mass is 16.5. The number of nitrogens with zero attached hydrogens (tertiary/aromatic N) is 2. The number of benzene rings is 5. The molecular weight excluding hydrogens is 586 g/mol. The molecule has 0 aromatic heterocycles. The minimum absolute atomic E-state index is 0.0419. The smallest absolute Gasteiger partial charge is 0.258 e. The fourth-order valence-electron chi connectivity index (χ4n) is 6.55. The van der Waals surface area contributed by atoms with Gasteiger partial charge >= 0.3 is 0 Å². The molecule has 5 aromatic rings. The molecule has 5 aromatic carbocycles. The molecule has 0 fully saturated rings. The predicted octanol–water partition coefficient (Wildman–Crippen LogP) is 7.66. The van der Waals surface area contributed by atoms with Gasteiger partial charge in [-0.1, -0.05) is 66.7 Å². The Kier molecular flexibility index (Phi) is 8.12. The Morgan fingerprint density at radius 3 is 2.30 bits per heavy atom. The number of anilines is 2. The molecule has 236 valence electrons. The summed E-state index contributed by atoms with van der Waals surface area (Å²) in [4.78, 5) is 30.8. The number of amides is 2. The van der Waals surface area contributed by atoms with Crippen LogP contribution >= 0.6 is 0 Å². The van der Waals surface area contributed by atoms with Crippen molar-refractivity contribution in [2.75, 3.05) is 17.7 Å². The summed E-state index contributed by atoms with van der Waals surface area (Å²) in [5.41, 5.74) is 14.5. The fraction of sp³-hybridized carbons (Fsp3) is 0.200. The van der Waals surface area contributed by atoms with E-state index in [0.29, 0.717) is 36.4 Å². The number of rotatable bonds is 10. The van der Waals surface area contributed by atoms with E-state index in [2.05, 4.69) is 31.2 Å². The summed E-state index contributed by atoms with van der Waals surface area (Å²) in [6, 6.07) is 35.6. The number of ether oxygens (including phenoxy) is 2. The molecule has 2 heterocycles. The van der Waals surface area contributed by atoms with Crippen LogP contribution in [-0.2, 0) is 26.1 Å². The number of methoxy groups -OCH3 is 1. The van der Waals surface area contributed by atoms with Crippen LogP contribution in [0.25, 0.3) is 11.1 Å². The lowest BCUT2D eigenvalue weighted by atomic mass is 10.0. The van der Waals surface area contributed by atoms with E-state index in [4.69, 9.17) is 15.2 Å². The van der Waals surface area contributed by atoms with Crippen LogP contribution < -0.4 is 20.1 Å². The van der Waals surface area contributed by atoms with Crippen LogP contribution in [0.1, 0.15) is 56.3 Å². The molecule has 2 N–H and O–H groups in total. The maximum atomic E-state index is 14.1. The molecule has 1 atom stereocenters. The van der Waals surface area contributed by atoms with Gasteiger partial charge in [-0.2, -0.15) is 0 Å². The second-order valence-electron chi connectivity index (χ2n) is 12.3. The van der Waals surface area contributed by atoms with Crippen LogP contribution in [0.4, 0.5) is 11.4 Å². The Morgan fingerprint density at radius 2 is 1.51 bits per heavy atom. The molecule has 1 unspecified atom stereocenters. The Hall–Kier alpha value is -5.56. The quantitative estimate of drug-likeness (QED) is 0.162. The molecule has 0 saturated carbocycles. The highest BCUT2D eigenvalue weighted by Gasteiger charge is 2.33. The number of hydrogen-bond acceptors (Lipinski definition) is 5. The number of fused-ring (bicyclic) bond motifs is 2. The largest absolute Gasteiger partial charge is 0.497 e. The van der Waals surface area contributed by atoms with Crippen molar-refractivity contribution in [2.24, 2.45) is 0 Å². The average molecular weight is 624 g/mol. The first kappa shape index (κ1) is 30.1. The molecular formula is C40H37N3O4. The van der Waals surface area contributed by atoms with Crippen LogP contribution in [0, 0.1) is 0 Å². The minimum atomic E-state index is -0.0744. The number of carbonyl (C=O) groups excluding carboxylic acids is 2. The summed E-state index contributed by atoms with van der Waals surface area (Å²) in [5.74, 6) is 1.37. The second-order valence-corrected chi connectivity index (χ2v) is 12.3. The molecule has 0 saturated heterocycles. The van der Waals surface area contributed by atoms with E-state index < -0.39 is 0 Å². The van der Waals surface area contributed by atoms with Gasteiger partial charge in [0.15, 0.2) is 0 Å². The topological polar surface area (TPSA) is 85.1 Å². The monoisotopic (exact) mass is 623 g/mol. The first-order chi connectivity index (χ1) is 22.9. The molecule has 7 heteroatoms. The van der Waals surface area contributed by atoms with Gasteiger partial charge < -0.3 is 25.0 Å². The van der Waals surface area contributed by atoms with E-state index >= 15 is 0 Å². The SMILES string of the molecule is COc1ccc(-c2c(OC(C)CCc3ccccc3)cccc2N2Cc3ccc(CN4Cc5ccc(N)cc5C4=O)cc3C2=O)cc1. The Labute approximate surface area is 275 Å². The van der Waals surface area contributed by atoms with Gasteiger partial charge in [0, 0.05) is 35.5 Å². The third-order valence-electron chi connectivity index (χ3n) is 9.05. The standard InChI is InChI=1S/C40H37N3O4/c1-26(11-12-27-7-4-3-5-8-27)47-37-10-6-9-36(38(37)29-16-19-33(46-2)20-17-29)43-25-31-14-13-28(21-34(31)40(43)45)23-42-24-30-15-18-32(41)22-35(30)39(42)44/h3-10,13-22,26H,11-12,23-25,41H2,1-2H3. The zero-order valence-electron chi connectivity index (χ0n) is 26.6. The molecule has 47 heavy (non-hydrogen) atoms. The molecule has 7 rings (SSSR count). The normalized spacial score (nSPS) is 14.3.